The van der Waals surface area contributed by atoms with Crippen molar-refractivity contribution in [3.8, 4) is 5.75 Å². The topological polar surface area (TPSA) is 102 Å². The zero-order valence-electron chi connectivity index (χ0n) is 23.0. The Balaban J connectivity index is 1.69. The molecule has 0 aliphatic heterocycles. The van der Waals surface area contributed by atoms with E-state index in [0.717, 1.165) is 4.31 Å². The van der Waals surface area contributed by atoms with Crippen molar-refractivity contribution in [1.29, 1.82) is 0 Å². The molecule has 1 amide bonds. The van der Waals surface area contributed by atoms with E-state index in [1.807, 2.05) is 6.07 Å². The monoisotopic (exact) mass is 590 g/mol. The van der Waals surface area contributed by atoms with Crippen LogP contribution in [-0.4, -0.2) is 33.1 Å². The summed E-state index contributed by atoms with van der Waals surface area (Å²) in [5.74, 6) is -1.02. The smallest absolute Gasteiger partial charge is 0.365 e. The Morgan fingerprint density at radius 1 is 0.628 bits per heavy atom. The molecule has 0 aliphatic carbocycles. The number of sulfonamides is 1. The molecule has 5 rings (SSSR count). The van der Waals surface area contributed by atoms with E-state index in [2.05, 4.69) is 5.16 Å². The summed E-state index contributed by atoms with van der Waals surface area (Å²) in [6.45, 7) is 0. The average Bonchev–Trinajstić information content (AvgIpc) is 3.06. The first-order chi connectivity index (χ1) is 20.9. The standard InChI is InChI=1S/C34H26N2O6S/c1-41-28-21-23-29(24-22-28)43(39,40)36(33(37)26-15-7-3-8-16-26)31-20-12-11-19-30(31)32(25-13-5-2-6-14-25)35-42-34(38)27-17-9-4-10-18-27/h2-24H,1H3. The van der Waals surface area contributed by atoms with Crippen LogP contribution < -0.4 is 9.04 Å². The summed E-state index contributed by atoms with van der Waals surface area (Å²) >= 11 is 0. The first-order valence-electron chi connectivity index (χ1n) is 13.2. The minimum absolute atomic E-state index is 0.0190. The predicted molar refractivity (Wildman–Crippen MR) is 164 cm³/mol. The van der Waals surface area contributed by atoms with Crippen LogP contribution >= 0.6 is 0 Å². The molecule has 9 heteroatoms. The molecule has 8 nitrogen and oxygen atoms in total. The number of anilines is 1. The van der Waals surface area contributed by atoms with Crippen LogP contribution in [-0.2, 0) is 14.9 Å². The van der Waals surface area contributed by atoms with Crippen molar-refractivity contribution in [1.82, 2.24) is 0 Å². The number of nitrogens with zero attached hydrogens (tertiary/aromatic N) is 2. The molecular formula is C34H26N2O6S. The highest BCUT2D eigenvalue weighted by atomic mass is 32.2. The van der Waals surface area contributed by atoms with Gasteiger partial charge in [0.2, 0.25) is 0 Å². The maximum Gasteiger partial charge on any atom is 0.365 e. The van der Waals surface area contributed by atoms with Crippen molar-refractivity contribution in [2.45, 2.75) is 4.90 Å². The van der Waals surface area contributed by atoms with Gasteiger partial charge in [0.05, 0.1) is 23.3 Å². The second kappa shape index (κ2) is 13.0. The third-order valence-electron chi connectivity index (χ3n) is 6.46. The van der Waals surface area contributed by atoms with E-state index in [9.17, 15) is 18.0 Å². The highest BCUT2D eigenvalue weighted by Crippen LogP contribution is 2.32. The van der Waals surface area contributed by atoms with Crippen LogP contribution in [0.15, 0.2) is 150 Å². The number of hydrogen-bond acceptors (Lipinski definition) is 7. The molecule has 0 radical (unpaired) electrons. The Kier molecular flexibility index (Phi) is 8.74. The molecule has 0 N–H and O–H groups in total. The van der Waals surface area contributed by atoms with E-state index in [4.69, 9.17) is 9.57 Å². The zero-order valence-corrected chi connectivity index (χ0v) is 23.8. The summed E-state index contributed by atoms with van der Waals surface area (Å²) in [6.07, 6.45) is 0. The van der Waals surface area contributed by atoms with Crippen molar-refractivity contribution >= 4 is 33.3 Å². The van der Waals surface area contributed by atoms with Crippen molar-refractivity contribution in [2.24, 2.45) is 5.16 Å². The van der Waals surface area contributed by atoms with Gasteiger partial charge in [-0.2, -0.15) is 4.31 Å². The molecule has 0 bridgehead atoms. The van der Waals surface area contributed by atoms with E-state index in [1.54, 1.807) is 91.0 Å². The molecule has 0 aliphatic rings. The van der Waals surface area contributed by atoms with E-state index in [-0.39, 0.29) is 33.0 Å². The molecule has 43 heavy (non-hydrogen) atoms. The molecular weight excluding hydrogens is 564 g/mol. The molecule has 5 aromatic carbocycles. The van der Waals surface area contributed by atoms with Crippen molar-refractivity contribution < 1.29 is 27.6 Å². The fourth-order valence-corrected chi connectivity index (χ4v) is 5.75. The van der Waals surface area contributed by atoms with Gasteiger partial charge >= 0.3 is 5.97 Å². The molecule has 0 saturated heterocycles. The van der Waals surface area contributed by atoms with Crippen LogP contribution in [0.3, 0.4) is 0 Å². The van der Waals surface area contributed by atoms with Crippen LogP contribution in [0.1, 0.15) is 31.8 Å². The Hall–Kier alpha value is -5.54. The molecule has 0 spiro atoms. The molecule has 5 aromatic rings. The van der Waals surface area contributed by atoms with Crippen LogP contribution in [0.4, 0.5) is 5.69 Å². The van der Waals surface area contributed by atoms with Crippen molar-refractivity contribution in [3.05, 3.63) is 162 Å². The van der Waals surface area contributed by atoms with E-state index >= 15 is 0 Å². The van der Waals surface area contributed by atoms with Crippen LogP contribution in [0.5, 0.6) is 5.75 Å². The number of benzene rings is 5. The van der Waals surface area contributed by atoms with Gasteiger partial charge in [0.15, 0.2) is 0 Å². The molecule has 214 valence electrons. The number of carbonyl (C=O) groups excluding carboxylic acids is 2. The van der Waals surface area contributed by atoms with Gasteiger partial charge in [-0.3, -0.25) is 4.79 Å². The van der Waals surface area contributed by atoms with Crippen molar-refractivity contribution in [2.75, 3.05) is 11.4 Å². The maximum absolute atomic E-state index is 14.2. The maximum atomic E-state index is 14.2. The summed E-state index contributed by atoms with van der Waals surface area (Å²) < 4.78 is 34.4. The van der Waals surface area contributed by atoms with Gasteiger partial charge in [0, 0.05) is 16.7 Å². The molecule has 0 fully saturated rings. The molecule has 0 aromatic heterocycles. The molecule has 0 saturated carbocycles. The van der Waals surface area contributed by atoms with Gasteiger partial charge in [0.1, 0.15) is 11.5 Å². The number of amides is 1. The number of rotatable bonds is 9. The normalized spacial score (nSPS) is 11.4. The fourth-order valence-electron chi connectivity index (χ4n) is 4.32. The lowest BCUT2D eigenvalue weighted by Crippen LogP contribution is -2.38. The quantitative estimate of drug-likeness (QED) is 0.113. The van der Waals surface area contributed by atoms with Gasteiger partial charge in [0.25, 0.3) is 15.9 Å². The summed E-state index contributed by atoms with van der Waals surface area (Å²) in [5.41, 5.74) is 1.39. The van der Waals surface area contributed by atoms with E-state index in [0.29, 0.717) is 11.3 Å². The number of methoxy groups -OCH3 is 1. The first-order valence-corrected chi connectivity index (χ1v) is 14.6. The third kappa shape index (κ3) is 6.37. The Labute approximate surface area is 249 Å². The largest absolute Gasteiger partial charge is 0.497 e. The number of oxime groups is 1. The summed E-state index contributed by atoms with van der Waals surface area (Å²) in [6, 6.07) is 37.5. The second-order valence-corrected chi connectivity index (χ2v) is 11.0. The van der Waals surface area contributed by atoms with E-state index in [1.165, 1.54) is 49.6 Å². The Bertz CT molecular complexity index is 1860. The highest BCUT2D eigenvalue weighted by molar-refractivity contribution is 7.93. The number of carbonyl (C=O) groups is 2. The number of para-hydroxylation sites is 1. The van der Waals surface area contributed by atoms with E-state index < -0.39 is 21.9 Å². The van der Waals surface area contributed by atoms with Crippen LogP contribution in [0, 0.1) is 0 Å². The average molecular weight is 591 g/mol. The van der Waals surface area contributed by atoms with Crippen LogP contribution in [0.2, 0.25) is 0 Å². The van der Waals surface area contributed by atoms with Crippen LogP contribution in [0.25, 0.3) is 0 Å². The Morgan fingerprint density at radius 3 is 1.72 bits per heavy atom. The van der Waals surface area contributed by atoms with Gasteiger partial charge in [-0.25, -0.2) is 13.2 Å². The number of hydrogen-bond donors (Lipinski definition) is 0. The van der Waals surface area contributed by atoms with Gasteiger partial charge in [-0.1, -0.05) is 90.1 Å². The minimum atomic E-state index is -4.47. The lowest BCUT2D eigenvalue weighted by atomic mass is 10.0. The summed E-state index contributed by atoms with van der Waals surface area (Å²) in [7, 11) is -3.00. The van der Waals surface area contributed by atoms with Crippen molar-refractivity contribution in [3.63, 3.8) is 0 Å². The zero-order chi connectivity index (χ0) is 30.2. The predicted octanol–water partition coefficient (Wildman–Crippen LogP) is 6.34. The molecule has 0 unspecified atom stereocenters. The lowest BCUT2D eigenvalue weighted by Gasteiger charge is -2.25. The summed E-state index contributed by atoms with van der Waals surface area (Å²) in [5, 5.41) is 4.21. The lowest BCUT2D eigenvalue weighted by molar-refractivity contribution is 0.0517. The third-order valence-corrected chi connectivity index (χ3v) is 8.17. The fraction of sp³-hybridized carbons (Fsp3) is 0.0294. The van der Waals surface area contributed by atoms with Gasteiger partial charge in [-0.05, 0) is 54.6 Å². The molecule has 0 atom stereocenters. The Morgan fingerprint density at radius 2 is 1.14 bits per heavy atom. The van der Waals surface area contributed by atoms with Gasteiger partial charge in [-0.15, -0.1) is 0 Å². The summed E-state index contributed by atoms with van der Waals surface area (Å²) in [4.78, 5) is 32.1. The highest BCUT2D eigenvalue weighted by Gasteiger charge is 2.34. The van der Waals surface area contributed by atoms with Gasteiger partial charge < -0.3 is 9.57 Å². The number of ether oxygens (including phenoxy) is 1. The second-order valence-electron chi connectivity index (χ2n) is 9.18. The SMILES string of the molecule is COc1ccc(S(=O)(=O)N(C(=O)c2ccccc2)c2ccccc2C(=NOC(=O)c2ccccc2)c2ccccc2)cc1. The first kappa shape index (κ1) is 29.0. The molecule has 0 heterocycles. The minimum Gasteiger partial charge on any atom is -0.497 e.